The number of halogens is 1. The van der Waals surface area contributed by atoms with Gasteiger partial charge in [-0.25, -0.2) is 0 Å². The molecule has 228 valence electrons. The second-order valence-corrected chi connectivity index (χ2v) is 12.1. The number of hydrogen-bond acceptors (Lipinski definition) is 5. The number of carbonyl (C=O) groups is 2. The summed E-state index contributed by atoms with van der Waals surface area (Å²) in [6.45, 7) is 1.07. The molecular weight excluding hydrogens is 667 g/mol. The minimum absolute atomic E-state index is 0.106. The van der Waals surface area contributed by atoms with E-state index in [4.69, 9.17) is 9.47 Å². The molecule has 0 bridgehead atoms. The largest absolute Gasteiger partial charge is 0.496 e. The van der Waals surface area contributed by atoms with Crippen LogP contribution in [0.25, 0.3) is 0 Å². The van der Waals surface area contributed by atoms with Crippen molar-refractivity contribution < 1.29 is 24.2 Å². The number of nitrogens with one attached hydrogen (secondary N) is 1. The van der Waals surface area contributed by atoms with E-state index in [2.05, 4.69) is 34.0 Å². The molecule has 0 unspecified atom stereocenters. The van der Waals surface area contributed by atoms with Crippen molar-refractivity contribution in [3.05, 3.63) is 134 Å². The summed E-state index contributed by atoms with van der Waals surface area (Å²) < 4.78 is 12.0. The van der Waals surface area contributed by atoms with Crippen LogP contribution in [0.1, 0.15) is 50.6 Å². The van der Waals surface area contributed by atoms with Gasteiger partial charge in [0.1, 0.15) is 11.2 Å². The highest BCUT2D eigenvalue weighted by Gasteiger charge is 2.56. The van der Waals surface area contributed by atoms with Crippen molar-refractivity contribution in [3.63, 3.8) is 0 Å². The first-order valence-electron chi connectivity index (χ1n) is 14.7. The average molecular weight is 705 g/mol. The van der Waals surface area contributed by atoms with Crippen molar-refractivity contribution in [2.75, 3.05) is 27.4 Å². The summed E-state index contributed by atoms with van der Waals surface area (Å²) in [6.07, 6.45) is 1.02. The van der Waals surface area contributed by atoms with Crippen LogP contribution in [0.5, 0.6) is 5.75 Å². The number of rotatable bonds is 12. The molecule has 5 rings (SSSR count). The monoisotopic (exact) mass is 704 g/mol. The number of para-hydroxylation sites is 1. The van der Waals surface area contributed by atoms with Gasteiger partial charge in [-0.05, 0) is 75.9 Å². The summed E-state index contributed by atoms with van der Waals surface area (Å²) in [5.41, 5.74) is 3.41. The van der Waals surface area contributed by atoms with Gasteiger partial charge in [0.2, 0.25) is 5.91 Å². The lowest BCUT2D eigenvalue weighted by Crippen LogP contribution is -2.59. The molecule has 0 aliphatic carbocycles. The number of methoxy groups -OCH3 is 2. The van der Waals surface area contributed by atoms with Crippen LogP contribution in [-0.4, -0.2) is 49.2 Å². The molecule has 0 saturated heterocycles. The standard InChI is InChI=1S/C36H37IN2O5/c1-43-21-9-20-38-35(42)36(22-27-10-3-7-14-31(27)37)30-13-6-5-12-29(30)34(41)39(23-28-11-4-8-15-32(28)44-2)33(36)26-18-16-25(24-40)17-19-26/h3-8,10-19,33,40H,9,20-24H2,1-2H3,(H,38,42)/t33-,36-/m0/s1. The van der Waals surface area contributed by atoms with E-state index in [-0.39, 0.29) is 25.0 Å². The van der Waals surface area contributed by atoms with Gasteiger partial charge in [-0.2, -0.15) is 0 Å². The molecule has 4 aromatic carbocycles. The second kappa shape index (κ2) is 14.4. The molecule has 1 aliphatic rings. The minimum atomic E-state index is -1.19. The number of benzene rings is 4. The Morgan fingerprint density at radius 3 is 2.32 bits per heavy atom. The van der Waals surface area contributed by atoms with Crippen LogP contribution in [0.15, 0.2) is 97.1 Å². The molecule has 2 N–H and O–H groups in total. The number of aliphatic hydroxyl groups is 1. The summed E-state index contributed by atoms with van der Waals surface area (Å²) in [7, 11) is 3.26. The second-order valence-electron chi connectivity index (χ2n) is 10.9. The molecule has 0 saturated carbocycles. The Kier molecular flexibility index (Phi) is 10.3. The summed E-state index contributed by atoms with van der Waals surface area (Å²) in [5, 5.41) is 13.0. The quantitative estimate of drug-likeness (QED) is 0.143. The lowest BCUT2D eigenvalue weighted by atomic mass is 9.63. The van der Waals surface area contributed by atoms with Crippen molar-refractivity contribution in [3.8, 4) is 5.75 Å². The van der Waals surface area contributed by atoms with Crippen molar-refractivity contribution in [1.29, 1.82) is 0 Å². The molecular formula is C36H37IN2O5. The van der Waals surface area contributed by atoms with Gasteiger partial charge in [0.25, 0.3) is 5.91 Å². The molecule has 0 fully saturated rings. The molecule has 2 amide bonds. The molecule has 1 aliphatic heterocycles. The predicted octanol–water partition coefficient (Wildman–Crippen LogP) is 5.82. The average Bonchev–Trinajstić information content (AvgIpc) is 3.06. The zero-order valence-electron chi connectivity index (χ0n) is 25.0. The van der Waals surface area contributed by atoms with E-state index in [0.29, 0.717) is 42.9 Å². The van der Waals surface area contributed by atoms with Gasteiger partial charge in [0.15, 0.2) is 0 Å². The van der Waals surface area contributed by atoms with Gasteiger partial charge in [-0.15, -0.1) is 0 Å². The molecule has 7 nitrogen and oxygen atoms in total. The summed E-state index contributed by atoms with van der Waals surface area (Å²) in [5.74, 6) is 0.350. The van der Waals surface area contributed by atoms with Gasteiger partial charge >= 0.3 is 0 Å². The molecule has 1 heterocycles. The highest BCUT2D eigenvalue weighted by molar-refractivity contribution is 14.1. The predicted molar refractivity (Wildman–Crippen MR) is 178 cm³/mol. The Labute approximate surface area is 272 Å². The molecule has 44 heavy (non-hydrogen) atoms. The van der Waals surface area contributed by atoms with E-state index in [1.54, 1.807) is 14.2 Å². The Morgan fingerprint density at radius 1 is 0.932 bits per heavy atom. The van der Waals surface area contributed by atoms with Crippen LogP contribution in [0.2, 0.25) is 0 Å². The molecule has 0 aromatic heterocycles. The maximum atomic E-state index is 14.9. The first-order chi connectivity index (χ1) is 21.4. The highest BCUT2D eigenvalue weighted by atomic mass is 127. The number of ether oxygens (including phenoxy) is 2. The topological polar surface area (TPSA) is 88.1 Å². The smallest absolute Gasteiger partial charge is 0.255 e. The number of amides is 2. The molecule has 0 radical (unpaired) electrons. The normalized spacial score (nSPS) is 17.7. The van der Waals surface area contributed by atoms with E-state index in [1.807, 2.05) is 95.9 Å². The Balaban J connectivity index is 1.79. The van der Waals surface area contributed by atoms with Crippen molar-refractivity contribution in [2.45, 2.75) is 37.5 Å². The molecule has 2 atom stereocenters. The van der Waals surface area contributed by atoms with Crippen LogP contribution in [-0.2, 0) is 34.5 Å². The van der Waals surface area contributed by atoms with Crippen LogP contribution in [0.3, 0.4) is 0 Å². The van der Waals surface area contributed by atoms with E-state index >= 15 is 0 Å². The number of carbonyl (C=O) groups excluding carboxylic acids is 2. The fourth-order valence-corrected chi connectivity index (χ4v) is 6.81. The minimum Gasteiger partial charge on any atom is -0.496 e. The van der Waals surface area contributed by atoms with Gasteiger partial charge in [-0.3, -0.25) is 9.59 Å². The van der Waals surface area contributed by atoms with E-state index in [1.165, 1.54) is 0 Å². The third-order valence-electron chi connectivity index (χ3n) is 8.33. The molecule has 4 aromatic rings. The maximum Gasteiger partial charge on any atom is 0.255 e. The van der Waals surface area contributed by atoms with Crippen molar-refractivity contribution in [2.24, 2.45) is 0 Å². The Morgan fingerprint density at radius 2 is 1.61 bits per heavy atom. The molecule has 0 spiro atoms. The SMILES string of the molecule is COCCCNC(=O)[C@@]1(Cc2ccccc2I)c2ccccc2C(=O)N(Cc2ccccc2OC)[C@H]1c1ccc(CO)cc1. The zero-order valence-corrected chi connectivity index (χ0v) is 27.1. The Hall–Kier alpha value is -3.73. The first-order valence-corrected chi connectivity index (χ1v) is 15.7. The molecule has 8 heteroatoms. The van der Waals surface area contributed by atoms with Gasteiger partial charge in [0, 0.05) is 35.0 Å². The number of hydrogen-bond donors (Lipinski definition) is 2. The van der Waals surface area contributed by atoms with Crippen LogP contribution in [0.4, 0.5) is 0 Å². The fraction of sp³-hybridized carbons (Fsp3) is 0.278. The van der Waals surface area contributed by atoms with Gasteiger partial charge in [0.05, 0.1) is 26.3 Å². The maximum absolute atomic E-state index is 14.9. The van der Waals surface area contributed by atoms with Crippen LogP contribution in [0, 0.1) is 3.57 Å². The number of aliphatic hydroxyl groups excluding tert-OH is 1. The number of fused-ring (bicyclic) bond motifs is 1. The fourth-order valence-electron chi connectivity index (χ4n) is 6.23. The van der Waals surface area contributed by atoms with Crippen LogP contribution < -0.4 is 10.1 Å². The zero-order chi connectivity index (χ0) is 31.1. The third-order valence-corrected chi connectivity index (χ3v) is 9.38. The summed E-state index contributed by atoms with van der Waals surface area (Å²) >= 11 is 2.32. The van der Waals surface area contributed by atoms with Crippen LogP contribution >= 0.6 is 22.6 Å². The Bertz CT molecular complexity index is 1610. The highest BCUT2D eigenvalue weighted by Crippen LogP contribution is 2.50. The lowest BCUT2D eigenvalue weighted by molar-refractivity contribution is -0.130. The lowest BCUT2D eigenvalue weighted by Gasteiger charge is -2.50. The van der Waals surface area contributed by atoms with Crippen molar-refractivity contribution >= 4 is 34.4 Å². The van der Waals surface area contributed by atoms with E-state index in [0.717, 1.165) is 25.8 Å². The first kappa shape index (κ1) is 31.7. The third kappa shape index (κ3) is 6.24. The van der Waals surface area contributed by atoms with Gasteiger partial charge in [-0.1, -0.05) is 78.9 Å². The van der Waals surface area contributed by atoms with E-state index in [9.17, 15) is 14.7 Å². The van der Waals surface area contributed by atoms with Crippen molar-refractivity contribution in [1.82, 2.24) is 10.2 Å². The summed E-state index contributed by atoms with van der Waals surface area (Å²) in [6, 6.07) is 30.1. The summed E-state index contributed by atoms with van der Waals surface area (Å²) in [4.78, 5) is 31.3. The number of nitrogens with zero attached hydrogens (tertiary/aromatic N) is 1. The van der Waals surface area contributed by atoms with E-state index < -0.39 is 11.5 Å². The van der Waals surface area contributed by atoms with Gasteiger partial charge < -0.3 is 24.8 Å².